The van der Waals surface area contributed by atoms with Crippen LogP contribution in [0, 0.1) is 12.3 Å². The zero-order valence-corrected chi connectivity index (χ0v) is 9.71. The summed E-state index contributed by atoms with van der Waals surface area (Å²) in [6.45, 7) is 2.83. The summed E-state index contributed by atoms with van der Waals surface area (Å²) >= 11 is 3.37. The SMILES string of the molecule is C#CC(CC)NCc1cncc(Br)c1. The van der Waals surface area contributed by atoms with Crippen molar-refractivity contribution in [2.75, 3.05) is 0 Å². The Hall–Kier alpha value is -0.850. The van der Waals surface area contributed by atoms with Crippen molar-refractivity contribution >= 4 is 15.9 Å². The molecular weight excluding hydrogens is 240 g/mol. The number of hydrogen-bond donors (Lipinski definition) is 1. The van der Waals surface area contributed by atoms with Crippen molar-refractivity contribution in [2.45, 2.75) is 25.9 Å². The van der Waals surface area contributed by atoms with E-state index in [0.29, 0.717) is 0 Å². The van der Waals surface area contributed by atoms with Crippen molar-refractivity contribution in [1.82, 2.24) is 10.3 Å². The van der Waals surface area contributed by atoms with E-state index in [1.54, 1.807) is 6.20 Å². The van der Waals surface area contributed by atoms with Crippen LogP contribution in [0.15, 0.2) is 22.9 Å². The summed E-state index contributed by atoms with van der Waals surface area (Å²) in [6.07, 6.45) is 9.88. The maximum Gasteiger partial charge on any atom is 0.0686 e. The number of nitrogens with zero attached hydrogens (tertiary/aromatic N) is 1. The van der Waals surface area contributed by atoms with Crippen LogP contribution < -0.4 is 5.32 Å². The molecular formula is C11H13BrN2. The van der Waals surface area contributed by atoms with Crippen LogP contribution in [0.25, 0.3) is 0 Å². The average molecular weight is 253 g/mol. The first-order chi connectivity index (χ1) is 6.76. The maximum atomic E-state index is 5.34. The molecule has 3 heteroatoms. The second-order valence-corrected chi connectivity index (χ2v) is 3.94. The zero-order valence-electron chi connectivity index (χ0n) is 8.13. The Morgan fingerprint density at radius 1 is 1.64 bits per heavy atom. The minimum atomic E-state index is 0.147. The van der Waals surface area contributed by atoms with Gasteiger partial charge in [-0.2, -0.15) is 0 Å². The van der Waals surface area contributed by atoms with Gasteiger partial charge in [-0.3, -0.25) is 10.3 Å². The second-order valence-electron chi connectivity index (χ2n) is 3.02. The lowest BCUT2D eigenvalue weighted by Crippen LogP contribution is -2.26. The first-order valence-corrected chi connectivity index (χ1v) is 5.34. The van der Waals surface area contributed by atoms with E-state index >= 15 is 0 Å². The largest absolute Gasteiger partial charge is 0.300 e. The Bertz CT molecular complexity index is 330. The molecule has 0 aromatic carbocycles. The molecule has 0 radical (unpaired) electrons. The van der Waals surface area contributed by atoms with Crippen LogP contribution in [0.3, 0.4) is 0 Å². The lowest BCUT2D eigenvalue weighted by atomic mass is 10.2. The lowest BCUT2D eigenvalue weighted by Gasteiger charge is -2.10. The summed E-state index contributed by atoms with van der Waals surface area (Å²) in [5.74, 6) is 2.69. The van der Waals surface area contributed by atoms with Gasteiger partial charge >= 0.3 is 0 Å². The highest BCUT2D eigenvalue weighted by Crippen LogP contribution is 2.09. The molecule has 0 bridgehead atoms. The zero-order chi connectivity index (χ0) is 10.4. The quantitative estimate of drug-likeness (QED) is 0.833. The Balaban J connectivity index is 2.50. The van der Waals surface area contributed by atoms with Gasteiger partial charge in [0.1, 0.15) is 0 Å². The Morgan fingerprint density at radius 3 is 3.00 bits per heavy atom. The van der Waals surface area contributed by atoms with Gasteiger partial charge in [-0.15, -0.1) is 6.42 Å². The van der Waals surface area contributed by atoms with Gasteiger partial charge in [-0.1, -0.05) is 12.8 Å². The molecule has 0 amide bonds. The minimum absolute atomic E-state index is 0.147. The smallest absolute Gasteiger partial charge is 0.0686 e. The van der Waals surface area contributed by atoms with E-state index < -0.39 is 0 Å². The van der Waals surface area contributed by atoms with Crippen molar-refractivity contribution in [3.05, 3.63) is 28.5 Å². The normalized spacial score (nSPS) is 12.1. The molecule has 1 aromatic rings. The number of hydrogen-bond acceptors (Lipinski definition) is 2. The van der Waals surface area contributed by atoms with Gasteiger partial charge in [0.05, 0.1) is 6.04 Å². The molecule has 0 aliphatic rings. The molecule has 1 heterocycles. The van der Waals surface area contributed by atoms with Crippen LogP contribution in [0.4, 0.5) is 0 Å². The summed E-state index contributed by atoms with van der Waals surface area (Å²) in [7, 11) is 0. The number of terminal acetylenes is 1. The number of pyridine rings is 1. The van der Waals surface area contributed by atoms with Crippen molar-refractivity contribution in [3.63, 3.8) is 0 Å². The molecule has 0 aliphatic carbocycles. The van der Waals surface area contributed by atoms with Gasteiger partial charge in [0.2, 0.25) is 0 Å². The van der Waals surface area contributed by atoms with E-state index in [9.17, 15) is 0 Å². The molecule has 1 rings (SSSR count). The van der Waals surface area contributed by atoms with Crippen molar-refractivity contribution in [1.29, 1.82) is 0 Å². The van der Waals surface area contributed by atoms with Gasteiger partial charge < -0.3 is 0 Å². The predicted molar refractivity (Wildman–Crippen MR) is 61.7 cm³/mol. The molecule has 0 aliphatic heterocycles. The molecule has 1 N–H and O–H groups in total. The number of aromatic nitrogens is 1. The monoisotopic (exact) mass is 252 g/mol. The van der Waals surface area contributed by atoms with Gasteiger partial charge in [0, 0.05) is 23.4 Å². The lowest BCUT2D eigenvalue weighted by molar-refractivity contribution is 0.591. The topological polar surface area (TPSA) is 24.9 Å². The first kappa shape index (κ1) is 11.2. The average Bonchev–Trinajstić information content (AvgIpc) is 2.19. The summed E-state index contributed by atoms with van der Waals surface area (Å²) in [5.41, 5.74) is 1.13. The highest BCUT2D eigenvalue weighted by molar-refractivity contribution is 9.10. The predicted octanol–water partition coefficient (Wildman–Crippen LogP) is 2.35. The minimum Gasteiger partial charge on any atom is -0.300 e. The second kappa shape index (κ2) is 5.79. The number of nitrogens with one attached hydrogen (secondary N) is 1. The highest BCUT2D eigenvalue weighted by Gasteiger charge is 2.00. The van der Waals surface area contributed by atoms with Crippen LogP contribution in [0.2, 0.25) is 0 Å². The fourth-order valence-corrected chi connectivity index (χ4v) is 1.53. The Labute approximate surface area is 93.3 Å². The molecule has 1 unspecified atom stereocenters. The van der Waals surface area contributed by atoms with Gasteiger partial charge in [0.15, 0.2) is 0 Å². The fourth-order valence-electron chi connectivity index (χ4n) is 1.11. The van der Waals surface area contributed by atoms with Crippen LogP contribution in [0.1, 0.15) is 18.9 Å². The highest BCUT2D eigenvalue weighted by atomic mass is 79.9. The van der Waals surface area contributed by atoms with E-state index in [1.165, 1.54) is 0 Å². The van der Waals surface area contributed by atoms with E-state index in [2.05, 4.69) is 39.1 Å². The summed E-state index contributed by atoms with van der Waals surface area (Å²) in [6, 6.07) is 2.18. The molecule has 0 saturated heterocycles. The third kappa shape index (κ3) is 3.49. The van der Waals surface area contributed by atoms with E-state index in [1.807, 2.05) is 12.3 Å². The fraction of sp³-hybridized carbons (Fsp3) is 0.364. The Morgan fingerprint density at radius 2 is 2.43 bits per heavy atom. The molecule has 14 heavy (non-hydrogen) atoms. The van der Waals surface area contributed by atoms with Crippen LogP contribution >= 0.6 is 15.9 Å². The van der Waals surface area contributed by atoms with Crippen molar-refractivity contribution < 1.29 is 0 Å². The number of halogens is 1. The van der Waals surface area contributed by atoms with Gasteiger partial charge in [-0.25, -0.2) is 0 Å². The van der Waals surface area contributed by atoms with Crippen molar-refractivity contribution in [2.24, 2.45) is 0 Å². The molecule has 74 valence electrons. The molecule has 0 saturated carbocycles. The molecule has 0 spiro atoms. The molecule has 2 nitrogen and oxygen atoms in total. The van der Waals surface area contributed by atoms with Crippen LogP contribution in [-0.4, -0.2) is 11.0 Å². The first-order valence-electron chi connectivity index (χ1n) is 4.55. The van der Waals surface area contributed by atoms with Gasteiger partial charge in [0.25, 0.3) is 0 Å². The molecule has 0 fully saturated rings. The van der Waals surface area contributed by atoms with E-state index in [-0.39, 0.29) is 6.04 Å². The summed E-state index contributed by atoms with van der Waals surface area (Å²) in [4.78, 5) is 4.08. The summed E-state index contributed by atoms with van der Waals surface area (Å²) < 4.78 is 0.991. The molecule has 1 aromatic heterocycles. The summed E-state index contributed by atoms with van der Waals surface area (Å²) in [5, 5.41) is 3.27. The van der Waals surface area contributed by atoms with Crippen LogP contribution in [0.5, 0.6) is 0 Å². The third-order valence-corrected chi connectivity index (χ3v) is 2.36. The Kier molecular flexibility index (Phi) is 4.64. The van der Waals surface area contributed by atoms with Crippen LogP contribution in [-0.2, 0) is 6.54 Å². The molecule has 1 atom stereocenters. The maximum absolute atomic E-state index is 5.34. The third-order valence-electron chi connectivity index (χ3n) is 1.92. The number of rotatable bonds is 4. The van der Waals surface area contributed by atoms with Crippen molar-refractivity contribution in [3.8, 4) is 12.3 Å². The standard InChI is InChI=1S/C11H13BrN2/c1-3-11(4-2)14-7-9-5-10(12)8-13-6-9/h1,5-6,8,11,14H,4,7H2,2H3. The van der Waals surface area contributed by atoms with E-state index in [4.69, 9.17) is 6.42 Å². The van der Waals surface area contributed by atoms with Gasteiger partial charge in [-0.05, 0) is 34.0 Å². The van der Waals surface area contributed by atoms with E-state index in [0.717, 1.165) is 23.0 Å².